The van der Waals surface area contributed by atoms with E-state index in [1.165, 1.54) is 0 Å². The molecular formula is C25H23N3O2. The van der Waals surface area contributed by atoms with Gasteiger partial charge in [0, 0.05) is 11.5 Å². The highest BCUT2D eigenvalue weighted by molar-refractivity contribution is 5.99. The molecule has 3 aromatic carbocycles. The zero-order valence-electron chi connectivity index (χ0n) is 17.0. The number of carbonyl (C=O) groups excluding carboxylic acids is 1. The Labute approximate surface area is 175 Å². The number of carbonyl (C=O) groups is 1. The van der Waals surface area contributed by atoms with Crippen LogP contribution in [0.25, 0.3) is 22.4 Å². The molecule has 1 fully saturated rings. The van der Waals surface area contributed by atoms with Gasteiger partial charge in [-0.15, -0.1) is 0 Å². The molecule has 1 aliphatic rings. The topological polar surface area (TPSA) is 67.0 Å². The van der Waals surface area contributed by atoms with Crippen LogP contribution in [0.4, 0.5) is 5.69 Å². The summed E-state index contributed by atoms with van der Waals surface area (Å²) in [5.41, 5.74) is 5.77. The predicted octanol–water partition coefficient (Wildman–Crippen LogP) is 5.29. The van der Waals surface area contributed by atoms with Gasteiger partial charge >= 0.3 is 0 Å². The van der Waals surface area contributed by atoms with Crippen molar-refractivity contribution < 1.29 is 9.53 Å². The molecule has 5 heteroatoms. The Hall–Kier alpha value is -3.60. The monoisotopic (exact) mass is 397 g/mol. The molecule has 0 aliphatic heterocycles. The molecular weight excluding hydrogens is 374 g/mol. The van der Waals surface area contributed by atoms with Gasteiger partial charge in [0.05, 0.1) is 23.8 Å². The number of H-pyrrole nitrogens is 1. The molecule has 2 atom stereocenters. The number of methoxy groups -OCH3 is 1. The van der Waals surface area contributed by atoms with Crippen LogP contribution >= 0.6 is 0 Å². The number of hydrogen-bond donors (Lipinski definition) is 2. The standard InChI is InChI=1S/C25H23N3O2/c1-15-11-12-20(19(13-15)24-26-21-8-4-5-9-22(21)27-24)28-25(29)18-14-17(18)16-7-3-6-10-23(16)30-2/h3-13,17-18H,14H2,1-2H3,(H,26,27)(H,28,29). The van der Waals surface area contributed by atoms with Gasteiger partial charge in [-0.2, -0.15) is 0 Å². The lowest BCUT2D eigenvalue weighted by Gasteiger charge is -2.11. The Morgan fingerprint density at radius 3 is 2.73 bits per heavy atom. The highest BCUT2D eigenvalue weighted by atomic mass is 16.5. The molecule has 5 nitrogen and oxygen atoms in total. The summed E-state index contributed by atoms with van der Waals surface area (Å²) in [6.45, 7) is 2.04. The van der Waals surface area contributed by atoms with Crippen LogP contribution in [0, 0.1) is 12.8 Å². The molecule has 5 rings (SSSR count). The van der Waals surface area contributed by atoms with Crippen molar-refractivity contribution in [3.63, 3.8) is 0 Å². The van der Waals surface area contributed by atoms with Crippen LogP contribution in [-0.2, 0) is 4.79 Å². The number of benzene rings is 3. The molecule has 0 saturated heterocycles. The van der Waals surface area contributed by atoms with Gasteiger partial charge in [-0.3, -0.25) is 4.79 Å². The molecule has 30 heavy (non-hydrogen) atoms. The van der Waals surface area contributed by atoms with Crippen LogP contribution in [-0.4, -0.2) is 23.0 Å². The molecule has 1 aromatic heterocycles. The Bertz CT molecular complexity index is 1210. The third kappa shape index (κ3) is 3.32. The lowest BCUT2D eigenvalue weighted by atomic mass is 10.1. The summed E-state index contributed by atoms with van der Waals surface area (Å²) < 4.78 is 5.47. The van der Waals surface area contributed by atoms with E-state index < -0.39 is 0 Å². The summed E-state index contributed by atoms with van der Waals surface area (Å²) in [5, 5.41) is 3.14. The molecule has 0 bridgehead atoms. The summed E-state index contributed by atoms with van der Waals surface area (Å²) in [4.78, 5) is 21.1. The average Bonchev–Trinajstić information content (AvgIpc) is 3.45. The average molecular weight is 397 g/mol. The summed E-state index contributed by atoms with van der Waals surface area (Å²) in [6, 6.07) is 21.9. The van der Waals surface area contributed by atoms with E-state index in [0.29, 0.717) is 0 Å². The Balaban J connectivity index is 1.41. The number of aryl methyl sites for hydroxylation is 1. The SMILES string of the molecule is COc1ccccc1C1CC1C(=O)Nc1ccc(C)cc1-c1nc2ccccc2[nH]1. The van der Waals surface area contributed by atoms with Crippen molar-refractivity contribution in [2.24, 2.45) is 5.92 Å². The van der Waals surface area contributed by atoms with Crippen LogP contribution in [0.5, 0.6) is 5.75 Å². The number of rotatable bonds is 5. The minimum Gasteiger partial charge on any atom is -0.496 e. The fourth-order valence-corrected chi connectivity index (χ4v) is 4.07. The fourth-order valence-electron chi connectivity index (χ4n) is 4.07. The number of aromatic amines is 1. The smallest absolute Gasteiger partial charge is 0.228 e. The first-order chi connectivity index (χ1) is 14.6. The lowest BCUT2D eigenvalue weighted by molar-refractivity contribution is -0.117. The van der Waals surface area contributed by atoms with Crippen LogP contribution in [0.15, 0.2) is 66.7 Å². The maximum absolute atomic E-state index is 13.0. The second-order valence-electron chi connectivity index (χ2n) is 7.83. The summed E-state index contributed by atoms with van der Waals surface area (Å²) in [6.07, 6.45) is 0.831. The quantitative estimate of drug-likeness (QED) is 0.481. The Kier molecular flexibility index (Phi) is 4.51. The molecule has 0 spiro atoms. The van der Waals surface area contributed by atoms with Crippen molar-refractivity contribution in [3.8, 4) is 17.1 Å². The van der Waals surface area contributed by atoms with Gasteiger partial charge in [-0.05, 0) is 55.2 Å². The minimum atomic E-state index is -0.0499. The van der Waals surface area contributed by atoms with E-state index in [9.17, 15) is 4.79 Å². The first kappa shape index (κ1) is 18.4. The number of para-hydroxylation sites is 3. The second-order valence-corrected chi connectivity index (χ2v) is 7.83. The number of hydrogen-bond acceptors (Lipinski definition) is 3. The molecule has 150 valence electrons. The number of fused-ring (bicyclic) bond motifs is 1. The number of aromatic nitrogens is 2. The van der Waals surface area contributed by atoms with Gasteiger partial charge in [-0.25, -0.2) is 4.98 Å². The first-order valence-electron chi connectivity index (χ1n) is 10.1. The Morgan fingerprint density at radius 2 is 1.90 bits per heavy atom. The summed E-state index contributed by atoms with van der Waals surface area (Å²) in [7, 11) is 1.67. The number of anilines is 1. The molecule has 1 heterocycles. The fraction of sp³-hybridized carbons (Fsp3) is 0.200. The normalized spacial score (nSPS) is 17.7. The maximum atomic E-state index is 13.0. The summed E-state index contributed by atoms with van der Waals surface area (Å²) in [5.74, 6) is 1.78. The van der Waals surface area contributed by atoms with Crippen molar-refractivity contribution in [2.75, 3.05) is 12.4 Å². The van der Waals surface area contributed by atoms with E-state index in [2.05, 4.69) is 16.4 Å². The largest absolute Gasteiger partial charge is 0.496 e. The van der Waals surface area contributed by atoms with E-state index in [-0.39, 0.29) is 17.7 Å². The van der Waals surface area contributed by atoms with Crippen molar-refractivity contribution in [1.82, 2.24) is 9.97 Å². The zero-order chi connectivity index (χ0) is 20.7. The molecule has 0 radical (unpaired) electrons. The number of ether oxygens (including phenoxy) is 1. The van der Waals surface area contributed by atoms with Gasteiger partial charge in [-0.1, -0.05) is 42.0 Å². The molecule has 2 N–H and O–H groups in total. The van der Waals surface area contributed by atoms with Crippen LogP contribution in [0.2, 0.25) is 0 Å². The van der Waals surface area contributed by atoms with Crippen LogP contribution < -0.4 is 10.1 Å². The van der Waals surface area contributed by atoms with Crippen molar-refractivity contribution >= 4 is 22.6 Å². The highest BCUT2D eigenvalue weighted by Crippen LogP contribution is 2.51. The van der Waals surface area contributed by atoms with Gasteiger partial charge < -0.3 is 15.0 Å². The second kappa shape index (κ2) is 7.34. The highest BCUT2D eigenvalue weighted by Gasteiger charge is 2.45. The molecule has 2 unspecified atom stereocenters. The number of amides is 1. The van der Waals surface area contributed by atoms with Crippen molar-refractivity contribution in [3.05, 3.63) is 77.9 Å². The van der Waals surface area contributed by atoms with E-state index in [4.69, 9.17) is 9.72 Å². The van der Waals surface area contributed by atoms with E-state index in [1.54, 1.807) is 7.11 Å². The van der Waals surface area contributed by atoms with Crippen LogP contribution in [0.3, 0.4) is 0 Å². The van der Waals surface area contributed by atoms with Crippen molar-refractivity contribution in [2.45, 2.75) is 19.3 Å². The first-order valence-corrected chi connectivity index (χ1v) is 10.1. The van der Waals surface area contributed by atoms with Gasteiger partial charge in [0.1, 0.15) is 11.6 Å². The van der Waals surface area contributed by atoms with Gasteiger partial charge in [0.25, 0.3) is 0 Å². The maximum Gasteiger partial charge on any atom is 0.228 e. The lowest BCUT2D eigenvalue weighted by Crippen LogP contribution is -2.15. The predicted molar refractivity (Wildman–Crippen MR) is 119 cm³/mol. The van der Waals surface area contributed by atoms with Gasteiger partial charge in [0.2, 0.25) is 5.91 Å². The van der Waals surface area contributed by atoms with E-state index in [0.717, 1.165) is 51.4 Å². The molecule has 4 aromatic rings. The summed E-state index contributed by atoms with van der Waals surface area (Å²) >= 11 is 0. The number of imidazole rings is 1. The third-order valence-electron chi connectivity index (χ3n) is 5.74. The molecule has 1 amide bonds. The van der Waals surface area contributed by atoms with Crippen molar-refractivity contribution in [1.29, 1.82) is 0 Å². The molecule has 1 saturated carbocycles. The zero-order valence-corrected chi connectivity index (χ0v) is 17.0. The number of nitrogens with zero attached hydrogens (tertiary/aromatic N) is 1. The third-order valence-corrected chi connectivity index (χ3v) is 5.74. The number of nitrogens with one attached hydrogen (secondary N) is 2. The Morgan fingerprint density at radius 1 is 1.10 bits per heavy atom. The minimum absolute atomic E-state index is 0.0344. The van der Waals surface area contributed by atoms with E-state index in [1.807, 2.05) is 67.6 Å². The molecule has 1 aliphatic carbocycles. The van der Waals surface area contributed by atoms with Gasteiger partial charge in [0.15, 0.2) is 0 Å². The van der Waals surface area contributed by atoms with E-state index >= 15 is 0 Å². The van der Waals surface area contributed by atoms with Crippen LogP contribution in [0.1, 0.15) is 23.5 Å².